The molecule has 5 heteroatoms. The summed E-state index contributed by atoms with van der Waals surface area (Å²) in [6.45, 7) is 6.99. The molecule has 19 heavy (non-hydrogen) atoms. The Balaban J connectivity index is 2.54. The zero-order valence-electron chi connectivity index (χ0n) is 11.5. The van der Waals surface area contributed by atoms with Crippen LogP contribution in [0.3, 0.4) is 0 Å². The molecule has 0 amide bonds. The van der Waals surface area contributed by atoms with Crippen molar-refractivity contribution in [1.29, 1.82) is 0 Å². The third kappa shape index (κ3) is 1.73. The summed E-state index contributed by atoms with van der Waals surface area (Å²) in [6, 6.07) is 6.42. The maximum Gasteiger partial charge on any atom is 0.316 e. The van der Waals surface area contributed by atoms with Gasteiger partial charge in [-0.25, -0.2) is 0 Å². The molecule has 1 radical (unpaired) electrons. The zero-order valence-corrected chi connectivity index (χ0v) is 11.5. The highest BCUT2D eigenvalue weighted by Crippen LogP contribution is 2.37. The van der Waals surface area contributed by atoms with Gasteiger partial charge in [0.15, 0.2) is 5.54 Å². The fourth-order valence-electron chi connectivity index (χ4n) is 2.05. The maximum atomic E-state index is 12.4. The summed E-state index contributed by atoms with van der Waals surface area (Å²) in [4.78, 5) is 10.6. The fourth-order valence-corrected chi connectivity index (χ4v) is 2.05. The standard InChI is InChI=1S/C14H17N2O3/c1-13(2)14(3,4)16(19)12(15(13)18)11-7-5-10(9-17)6-8-11/h5-9H,1-4H3. The Morgan fingerprint density at radius 2 is 1.68 bits per heavy atom. The molecule has 0 atom stereocenters. The summed E-state index contributed by atoms with van der Waals surface area (Å²) < 4.78 is 0.760. The summed E-state index contributed by atoms with van der Waals surface area (Å²) in [6.07, 6.45) is 0.723. The van der Waals surface area contributed by atoms with Gasteiger partial charge in [0.25, 0.3) is 0 Å². The second kappa shape index (κ2) is 4.06. The van der Waals surface area contributed by atoms with Crippen molar-refractivity contribution in [1.82, 2.24) is 5.06 Å². The van der Waals surface area contributed by atoms with Crippen LogP contribution in [0.5, 0.6) is 0 Å². The second-order valence-electron chi connectivity index (χ2n) is 5.77. The number of carbonyl (C=O) groups excluding carboxylic acids is 1. The van der Waals surface area contributed by atoms with E-state index in [1.54, 1.807) is 52.0 Å². The first-order valence-electron chi connectivity index (χ1n) is 6.11. The van der Waals surface area contributed by atoms with Gasteiger partial charge < -0.3 is 5.21 Å². The molecule has 0 bridgehead atoms. The lowest BCUT2D eigenvalue weighted by atomic mass is 9.84. The average Bonchev–Trinajstić information content (AvgIpc) is 2.49. The molecule has 0 aliphatic carbocycles. The minimum Gasteiger partial charge on any atom is -0.714 e. The smallest absolute Gasteiger partial charge is 0.316 e. The van der Waals surface area contributed by atoms with Gasteiger partial charge in [0.2, 0.25) is 0 Å². The molecule has 1 heterocycles. The lowest BCUT2D eigenvalue weighted by Crippen LogP contribution is -2.53. The van der Waals surface area contributed by atoms with Crippen molar-refractivity contribution in [3.05, 3.63) is 40.6 Å². The van der Waals surface area contributed by atoms with Crippen LogP contribution < -0.4 is 0 Å². The quantitative estimate of drug-likeness (QED) is 0.464. The Morgan fingerprint density at radius 3 is 2.05 bits per heavy atom. The maximum absolute atomic E-state index is 12.4. The Kier molecular flexibility index (Phi) is 2.90. The van der Waals surface area contributed by atoms with Crippen LogP contribution in [0.1, 0.15) is 43.6 Å². The van der Waals surface area contributed by atoms with Gasteiger partial charge in [-0.15, -0.1) is 0 Å². The SMILES string of the molecule is CC1(C)N([O])C(c2ccc(C=O)cc2)=[N+]([O-])C1(C)C. The van der Waals surface area contributed by atoms with Crippen LogP contribution >= 0.6 is 0 Å². The van der Waals surface area contributed by atoms with Crippen LogP contribution in [0.4, 0.5) is 0 Å². The normalized spacial score (nSPS) is 20.8. The first-order valence-corrected chi connectivity index (χ1v) is 6.11. The molecule has 1 aliphatic rings. The van der Waals surface area contributed by atoms with Crippen LogP contribution in [0.2, 0.25) is 0 Å². The molecule has 0 saturated heterocycles. The van der Waals surface area contributed by atoms with Crippen LogP contribution in [0, 0.1) is 5.21 Å². The van der Waals surface area contributed by atoms with Gasteiger partial charge in [-0.2, -0.15) is 0 Å². The van der Waals surface area contributed by atoms with Gasteiger partial charge in [-0.05, 0) is 39.8 Å². The van der Waals surface area contributed by atoms with Crippen LogP contribution in [0.15, 0.2) is 24.3 Å². The van der Waals surface area contributed by atoms with Gasteiger partial charge in [-0.1, -0.05) is 17.2 Å². The zero-order chi connectivity index (χ0) is 14.4. The molecule has 0 fully saturated rings. The molecular weight excluding hydrogens is 244 g/mol. The van der Waals surface area contributed by atoms with Crippen molar-refractivity contribution < 1.29 is 14.7 Å². The van der Waals surface area contributed by atoms with Gasteiger partial charge in [0.05, 0.1) is 5.56 Å². The Labute approximate surface area is 112 Å². The lowest BCUT2D eigenvalue weighted by Gasteiger charge is -2.32. The molecule has 101 valence electrons. The van der Waals surface area contributed by atoms with E-state index in [9.17, 15) is 15.2 Å². The van der Waals surface area contributed by atoms with E-state index in [1.807, 2.05) is 0 Å². The lowest BCUT2D eigenvalue weighted by molar-refractivity contribution is -0.539. The predicted molar refractivity (Wildman–Crippen MR) is 70.2 cm³/mol. The van der Waals surface area contributed by atoms with E-state index >= 15 is 0 Å². The van der Waals surface area contributed by atoms with Crippen molar-refractivity contribution in [3.8, 4) is 0 Å². The third-order valence-electron chi connectivity index (χ3n) is 4.20. The summed E-state index contributed by atoms with van der Waals surface area (Å²) in [5, 5.41) is 25.5. The number of hydroxylamine groups is 3. The molecule has 0 aromatic heterocycles. The molecule has 1 aromatic carbocycles. The molecule has 2 rings (SSSR count). The molecular formula is C14H17N2O3. The molecule has 0 unspecified atom stereocenters. The van der Waals surface area contributed by atoms with E-state index in [0.717, 1.165) is 16.1 Å². The van der Waals surface area contributed by atoms with E-state index in [2.05, 4.69) is 0 Å². The predicted octanol–water partition coefficient (Wildman–Crippen LogP) is 1.97. The van der Waals surface area contributed by atoms with E-state index in [-0.39, 0.29) is 5.84 Å². The first-order chi connectivity index (χ1) is 8.73. The summed E-state index contributed by atoms with van der Waals surface area (Å²) in [5.41, 5.74) is -0.620. The third-order valence-corrected chi connectivity index (χ3v) is 4.20. The van der Waals surface area contributed by atoms with Crippen LogP contribution in [-0.2, 0) is 5.21 Å². The topological polar surface area (TPSA) is 66.3 Å². The first kappa shape index (κ1) is 13.5. The number of rotatable bonds is 2. The molecule has 1 aliphatic heterocycles. The van der Waals surface area contributed by atoms with Gasteiger partial charge in [0, 0.05) is 10.8 Å². The average molecular weight is 261 g/mol. The second-order valence-corrected chi connectivity index (χ2v) is 5.77. The Morgan fingerprint density at radius 1 is 1.16 bits per heavy atom. The van der Waals surface area contributed by atoms with Crippen molar-refractivity contribution >= 4 is 12.1 Å². The van der Waals surface area contributed by atoms with E-state index in [0.29, 0.717) is 11.1 Å². The van der Waals surface area contributed by atoms with Crippen LogP contribution in [0.25, 0.3) is 0 Å². The highest BCUT2D eigenvalue weighted by Gasteiger charge is 2.59. The number of benzene rings is 1. The van der Waals surface area contributed by atoms with Gasteiger partial charge in [-0.3, -0.25) is 9.53 Å². The van der Waals surface area contributed by atoms with Crippen LogP contribution in [-0.4, -0.2) is 33.0 Å². The van der Waals surface area contributed by atoms with Gasteiger partial charge >= 0.3 is 5.84 Å². The van der Waals surface area contributed by atoms with Crippen molar-refractivity contribution in [2.45, 2.75) is 38.8 Å². The Bertz CT molecular complexity index is 544. The minimum absolute atomic E-state index is 0.0902. The van der Waals surface area contributed by atoms with Crippen molar-refractivity contribution in [2.75, 3.05) is 0 Å². The van der Waals surface area contributed by atoms with Crippen molar-refractivity contribution in [3.63, 3.8) is 0 Å². The summed E-state index contributed by atoms with van der Waals surface area (Å²) in [5.74, 6) is 0.0902. The minimum atomic E-state index is -0.826. The number of nitrogens with zero attached hydrogens (tertiary/aromatic N) is 2. The van der Waals surface area contributed by atoms with Crippen molar-refractivity contribution in [2.24, 2.45) is 0 Å². The summed E-state index contributed by atoms with van der Waals surface area (Å²) >= 11 is 0. The molecule has 0 saturated carbocycles. The fraction of sp³-hybridized carbons (Fsp3) is 0.429. The molecule has 1 aromatic rings. The van der Waals surface area contributed by atoms with Gasteiger partial charge in [0.1, 0.15) is 11.8 Å². The summed E-state index contributed by atoms with van der Waals surface area (Å²) in [7, 11) is 0. The number of aldehydes is 1. The molecule has 0 spiro atoms. The number of amidine groups is 1. The molecule has 0 N–H and O–H groups in total. The Hall–Kier alpha value is -1.88. The van der Waals surface area contributed by atoms with E-state index in [1.165, 1.54) is 0 Å². The highest BCUT2D eigenvalue weighted by molar-refractivity contribution is 5.96. The highest BCUT2D eigenvalue weighted by atomic mass is 16.5. The van der Waals surface area contributed by atoms with E-state index in [4.69, 9.17) is 0 Å². The monoisotopic (exact) mass is 261 g/mol. The van der Waals surface area contributed by atoms with E-state index < -0.39 is 11.1 Å². The number of hydrogen-bond acceptors (Lipinski definition) is 3. The largest absolute Gasteiger partial charge is 0.714 e. The number of carbonyl (C=O) groups is 1. The number of hydrogen-bond donors (Lipinski definition) is 0. The molecule has 5 nitrogen and oxygen atoms in total.